The van der Waals surface area contributed by atoms with E-state index < -0.39 is 45.7 Å². The van der Waals surface area contributed by atoms with Crippen LogP contribution in [0.4, 0.5) is 10.1 Å². The number of halogens is 1. The molecular formula is C22H23FN2O6S. The van der Waals surface area contributed by atoms with Crippen molar-refractivity contribution >= 4 is 33.8 Å². The van der Waals surface area contributed by atoms with Gasteiger partial charge in [0.15, 0.2) is 5.82 Å². The summed E-state index contributed by atoms with van der Waals surface area (Å²) in [5.41, 5.74) is -0.0683. The Morgan fingerprint density at radius 1 is 1.22 bits per heavy atom. The van der Waals surface area contributed by atoms with Gasteiger partial charge in [-0.1, -0.05) is 30.3 Å². The van der Waals surface area contributed by atoms with Crippen LogP contribution in [0, 0.1) is 5.82 Å². The summed E-state index contributed by atoms with van der Waals surface area (Å²) in [5, 5.41) is 0. The Bertz CT molecular complexity index is 1160. The van der Waals surface area contributed by atoms with Crippen molar-refractivity contribution in [3.63, 3.8) is 0 Å². The highest BCUT2D eigenvalue weighted by molar-refractivity contribution is 7.92. The van der Waals surface area contributed by atoms with Crippen molar-refractivity contribution < 1.29 is 31.9 Å². The standard InChI is InChI=1S/C22H23FN2O6S/c1-22(2,3)31-20(27)10-9-16-11-17(23)21(25-13-19(26)24-32(25,28)29)18(12-16)30-14-15-7-5-4-6-8-15/h4-12H,13-14H2,1-3H3,(H,24,26)/b10-9+. The lowest BCUT2D eigenvalue weighted by atomic mass is 10.1. The summed E-state index contributed by atoms with van der Waals surface area (Å²) < 4.78 is 53.0. The number of nitrogens with one attached hydrogen (secondary N) is 1. The molecule has 1 aliphatic rings. The van der Waals surface area contributed by atoms with Gasteiger partial charge in [0, 0.05) is 6.08 Å². The lowest BCUT2D eigenvalue weighted by molar-refractivity contribution is -0.148. The van der Waals surface area contributed by atoms with E-state index in [1.165, 1.54) is 12.1 Å². The second-order valence-corrected chi connectivity index (χ2v) is 9.62. The monoisotopic (exact) mass is 462 g/mol. The molecule has 0 unspecified atom stereocenters. The number of rotatable bonds is 6. The second kappa shape index (κ2) is 8.99. The van der Waals surface area contributed by atoms with Crippen molar-refractivity contribution in [3.8, 4) is 5.75 Å². The molecule has 170 valence electrons. The molecule has 1 saturated heterocycles. The number of hydrogen-bond donors (Lipinski definition) is 1. The van der Waals surface area contributed by atoms with E-state index in [2.05, 4.69) is 0 Å². The molecule has 32 heavy (non-hydrogen) atoms. The topological polar surface area (TPSA) is 102 Å². The second-order valence-electron chi connectivity index (χ2n) is 8.03. The van der Waals surface area contributed by atoms with Gasteiger partial charge in [0.2, 0.25) is 0 Å². The number of carbonyl (C=O) groups excluding carboxylic acids is 2. The Morgan fingerprint density at radius 2 is 1.91 bits per heavy atom. The van der Waals surface area contributed by atoms with Gasteiger partial charge in [-0.15, -0.1) is 0 Å². The number of amides is 1. The number of hydrogen-bond acceptors (Lipinski definition) is 6. The summed E-state index contributed by atoms with van der Waals surface area (Å²) in [6, 6.07) is 11.4. The Kier molecular flexibility index (Phi) is 6.54. The van der Waals surface area contributed by atoms with Crippen molar-refractivity contribution in [2.24, 2.45) is 0 Å². The van der Waals surface area contributed by atoms with Gasteiger partial charge in [-0.2, -0.15) is 8.42 Å². The zero-order valence-corrected chi connectivity index (χ0v) is 18.6. The fourth-order valence-corrected chi connectivity index (χ4v) is 4.09. The highest BCUT2D eigenvalue weighted by Crippen LogP contribution is 2.36. The normalized spacial score (nSPS) is 15.6. The predicted molar refractivity (Wildman–Crippen MR) is 116 cm³/mol. The van der Waals surface area contributed by atoms with Crippen molar-refractivity contribution in [1.82, 2.24) is 4.72 Å². The van der Waals surface area contributed by atoms with Crippen LogP contribution in [-0.2, 0) is 31.1 Å². The Morgan fingerprint density at radius 3 is 2.50 bits per heavy atom. The zero-order valence-electron chi connectivity index (χ0n) is 17.8. The minimum Gasteiger partial charge on any atom is -0.487 e. The number of benzene rings is 2. The third-order valence-electron chi connectivity index (χ3n) is 4.18. The molecule has 2 aromatic carbocycles. The third-order valence-corrected chi connectivity index (χ3v) is 5.55. The first kappa shape index (κ1) is 23.3. The molecule has 1 aliphatic heterocycles. The van der Waals surface area contributed by atoms with E-state index in [0.717, 1.165) is 17.7 Å². The molecule has 1 heterocycles. The summed E-state index contributed by atoms with van der Waals surface area (Å²) in [7, 11) is -4.25. The summed E-state index contributed by atoms with van der Waals surface area (Å²) >= 11 is 0. The highest BCUT2D eigenvalue weighted by atomic mass is 32.2. The number of esters is 1. The minimum atomic E-state index is -4.25. The van der Waals surface area contributed by atoms with Crippen molar-refractivity contribution in [2.75, 3.05) is 10.8 Å². The zero-order chi connectivity index (χ0) is 23.5. The molecule has 0 atom stereocenters. The molecule has 0 spiro atoms. The molecule has 0 saturated carbocycles. The van der Waals surface area contributed by atoms with E-state index in [4.69, 9.17) is 9.47 Å². The maximum absolute atomic E-state index is 15.1. The smallest absolute Gasteiger partial charge is 0.331 e. The van der Waals surface area contributed by atoms with Crippen LogP contribution in [0.25, 0.3) is 6.08 Å². The lowest BCUT2D eigenvalue weighted by Crippen LogP contribution is -2.30. The first-order valence-electron chi connectivity index (χ1n) is 9.69. The fraction of sp³-hybridized carbons (Fsp3) is 0.273. The molecule has 0 bridgehead atoms. The average molecular weight is 462 g/mol. The maximum atomic E-state index is 15.1. The van der Waals surface area contributed by atoms with Crippen molar-refractivity contribution in [2.45, 2.75) is 33.0 Å². The van der Waals surface area contributed by atoms with E-state index >= 15 is 4.39 Å². The molecule has 2 aromatic rings. The van der Waals surface area contributed by atoms with Crippen LogP contribution < -0.4 is 13.8 Å². The van der Waals surface area contributed by atoms with Gasteiger partial charge in [0.05, 0.1) is 0 Å². The van der Waals surface area contributed by atoms with Gasteiger partial charge in [-0.25, -0.2) is 18.2 Å². The molecule has 0 radical (unpaired) electrons. The summed E-state index contributed by atoms with van der Waals surface area (Å²) in [6.45, 7) is 4.60. The van der Waals surface area contributed by atoms with Crippen LogP contribution in [0.3, 0.4) is 0 Å². The largest absolute Gasteiger partial charge is 0.487 e. The number of ether oxygens (including phenoxy) is 2. The average Bonchev–Trinajstić information content (AvgIpc) is 2.95. The molecular weight excluding hydrogens is 439 g/mol. The third kappa shape index (κ3) is 5.85. The molecule has 0 aliphatic carbocycles. The SMILES string of the molecule is CC(C)(C)OC(=O)/C=C/c1cc(F)c(N2CC(=O)NS2(=O)=O)c(OCc2ccccc2)c1. The van der Waals surface area contributed by atoms with Gasteiger partial charge in [-0.05, 0) is 50.1 Å². The first-order chi connectivity index (χ1) is 14.9. The molecule has 8 nitrogen and oxygen atoms in total. The van der Waals surface area contributed by atoms with Crippen LogP contribution in [-0.4, -0.2) is 32.4 Å². The number of nitrogens with zero attached hydrogens (tertiary/aromatic N) is 1. The van der Waals surface area contributed by atoms with Crippen LogP contribution in [0.15, 0.2) is 48.5 Å². The van der Waals surface area contributed by atoms with E-state index in [-0.39, 0.29) is 17.9 Å². The minimum absolute atomic E-state index is 0.0295. The molecule has 10 heteroatoms. The van der Waals surface area contributed by atoms with Gasteiger partial charge in [-0.3, -0.25) is 4.79 Å². The van der Waals surface area contributed by atoms with Gasteiger partial charge in [0.25, 0.3) is 5.91 Å². The van der Waals surface area contributed by atoms with E-state index in [1.54, 1.807) is 45.0 Å². The molecule has 1 fully saturated rings. The van der Waals surface area contributed by atoms with Crippen LogP contribution in [0.5, 0.6) is 5.75 Å². The van der Waals surface area contributed by atoms with Gasteiger partial charge >= 0.3 is 16.2 Å². The molecule has 1 N–H and O–H groups in total. The Hall–Kier alpha value is -3.40. The van der Waals surface area contributed by atoms with E-state index in [1.807, 2.05) is 10.8 Å². The first-order valence-corrected chi connectivity index (χ1v) is 11.1. The fourth-order valence-electron chi connectivity index (χ4n) is 2.92. The summed E-state index contributed by atoms with van der Waals surface area (Å²) in [6.07, 6.45) is 2.47. The van der Waals surface area contributed by atoms with Crippen molar-refractivity contribution in [3.05, 3.63) is 65.5 Å². The number of anilines is 1. The quantitative estimate of drug-likeness (QED) is 0.523. The predicted octanol–water partition coefficient (Wildman–Crippen LogP) is 2.94. The van der Waals surface area contributed by atoms with Crippen LogP contribution >= 0.6 is 0 Å². The highest BCUT2D eigenvalue weighted by Gasteiger charge is 2.37. The lowest BCUT2D eigenvalue weighted by Gasteiger charge is -2.20. The van der Waals surface area contributed by atoms with Crippen LogP contribution in [0.1, 0.15) is 31.9 Å². The van der Waals surface area contributed by atoms with Gasteiger partial charge < -0.3 is 9.47 Å². The molecule has 3 rings (SSSR count). The molecule has 0 aromatic heterocycles. The van der Waals surface area contributed by atoms with E-state index in [9.17, 15) is 18.0 Å². The number of carbonyl (C=O) groups is 2. The van der Waals surface area contributed by atoms with Gasteiger partial charge in [0.1, 0.15) is 30.2 Å². The molecule has 1 amide bonds. The Labute approximate surface area is 185 Å². The Balaban J connectivity index is 1.97. The van der Waals surface area contributed by atoms with E-state index in [0.29, 0.717) is 4.31 Å². The van der Waals surface area contributed by atoms with Crippen molar-refractivity contribution in [1.29, 1.82) is 0 Å². The van der Waals surface area contributed by atoms with Crippen LogP contribution in [0.2, 0.25) is 0 Å². The summed E-state index contributed by atoms with van der Waals surface area (Å²) in [5.74, 6) is -2.43. The summed E-state index contributed by atoms with van der Waals surface area (Å²) in [4.78, 5) is 23.6. The maximum Gasteiger partial charge on any atom is 0.331 e.